The maximum atomic E-state index is 12.9. The molecule has 6 nitrogen and oxygen atoms in total. The lowest BCUT2D eigenvalue weighted by atomic mass is 10.0. The van der Waals surface area contributed by atoms with Crippen LogP contribution < -0.4 is 20.1 Å². The largest absolute Gasteiger partial charge is 0.493 e. The first kappa shape index (κ1) is 25.2. The van der Waals surface area contributed by atoms with Gasteiger partial charge in [0.05, 0.1) is 14.2 Å². The second-order valence-electron chi connectivity index (χ2n) is 7.85. The fraction of sp³-hybridized carbons (Fsp3) is 0.462. The van der Waals surface area contributed by atoms with Crippen molar-refractivity contribution in [3.63, 3.8) is 0 Å². The monoisotopic (exact) mass is 440 g/mol. The first-order chi connectivity index (χ1) is 15.6. The highest BCUT2D eigenvalue weighted by atomic mass is 16.5. The Balaban J connectivity index is 1.93. The van der Waals surface area contributed by atoms with Crippen LogP contribution in [0.2, 0.25) is 0 Å². The highest BCUT2D eigenvalue weighted by Crippen LogP contribution is 2.27. The number of nitrogens with one attached hydrogen (secondary N) is 2. The Hall–Kier alpha value is -3.02. The molecule has 0 aromatic heterocycles. The molecule has 0 fully saturated rings. The van der Waals surface area contributed by atoms with E-state index in [2.05, 4.69) is 17.6 Å². The molecule has 2 aromatic rings. The molecule has 0 bridgehead atoms. The van der Waals surface area contributed by atoms with E-state index in [1.165, 1.54) is 0 Å². The first-order valence-corrected chi connectivity index (χ1v) is 11.4. The molecule has 2 amide bonds. The van der Waals surface area contributed by atoms with Gasteiger partial charge in [0.25, 0.3) is 0 Å². The number of amides is 2. The smallest absolute Gasteiger partial charge is 0.242 e. The van der Waals surface area contributed by atoms with Crippen LogP contribution in [0.4, 0.5) is 0 Å². The summed E-state index contributed by atoms with van der Waals surface area (Å²) in [4.78, 5) is 25.3. The number of rotatable bonds is 14. The molecular formula is C26H36N2O4. The lowest BCUT2D eigenvalue weighted by molar-refractivity contribution is -0.129. The number of methoxy groups -OCH3 is 2. The van der Waals surface area contributed by atoms with E-state index >= 15 is 0 Å². The van der Waals surface area contributed by atoms with Crippen LogP contribution in [0.3, 0.4) is 0 Å². The van der Waals surface area contributed by atoms with Crippen molar-refractivity contribution in [2.45, 2.75) is 57.9 Å². The van der Waals surface area contributed by atoms with Gasteiger partial charge in [0.1, 0.15) is 6.04 Å². The van der Waals surface area contributed by atoms with Crippen molar-refractivity contribution in [2.24, 2.45) is 0 Å². The number of benzene rings is 2. The van der Waals surface area contributed by atoms with Crippen molar-refractivity contribution in [1.29, 1.82) is 0 Å². The summed E-state index contributed by atoms with van der Waals surface area (Å²) in [5.41, 5.74) is 2.04. The van der Waals surface area contributed by atoms with Gasteiger partial charge in [-0.1, -0.05) is 62.6 Å². The molecule has 1 unspecified atom stereocenters. The summed E-state index contributed by atoms with van der Waals surface area (Å²) in [6.45, 7) is 2.61. The van der Waals surface area contributed by atoms with E-state index in [4.69, 9.17) is 9.47 Å². The van der Waals surface area contributed by atoms with Gasteiger partial charge >= 0.3 is 0 Å². The van der Waals surface area contributed by atoms with Gasteiger partial charge in [-0.25, -0.2) is 0 Å². The van der Waals surface area contributed by atoms with Crippen molar-refractivity contribution in [3.8, 4) is 11.5 Å². The van der Waals surface area contributed by atoms with Crippen LogP contribution in [-0.2, 0) is 22.4 Å². The van der Waals surface area contributed by atoms with Gasteiger partial charge in [0, 0.05) is 19.4 Å². The predicted octanol–water partition coefficient (Wildman–Crippen LogP) is 4.06. The molecular weight excluding hydrogens is 404 g/mol. The molecule has 0 heterocycles. The van der Waals surface area contributed by atoms with Crippen LogP contribution in [0.1, 0.15) is 50.2 Å². The third kappa shape index (κ3) is 8.61. The van der Waals surface area contributed by atoms with Crippen molar-refractivity contribution in [1.82, 2.24) is 10.6 Å². The fourth-order valence-corrected chi connectivity index (χ4v) is 3.53. The summed E-state index contributed by atoms with van der Waals surface area (Å²) >= 11 is 0. The van der Waals surface area contributed by atoms with Crippen LogP contribution in [0, 0.1) is 0 Å². The minimum absolute atomic E-state index is 0.0722. The molecule has 0 spiro atoms. The second kappa shape index (κ2) is 14.1. The Morgan fingerprint density at radius 3 is 2.34 bits per heavy atom. The Labute approximate surface area is 191 Å². The van der Waals surface area contributed by atoms with Gasteiger partial charge in [-0.15, -0.1) is 0 Å². The lowest BCUT2D eigenvalue weighted by Gasteiger charge is -2.19. The number of carbonyl (C=O) groups excluding carboxylic acids is 2. The standard InChI is InChI=1S/C26H36N2O4/c1-4-5-6-10-13-25(29)28-22(18-20-11-8-7-9-12-20)26(30)27-17-16-21-14-15-23(31-2)24(19-21)32-3/h7-9,11-12,14-15,19,22H,4-6,10,13,16-18H2,1-3H3,(H,27,30)(H,28,29). The summed E-state index contributed by atoms with van der Waals surface area (Å²) in [6, 6.07) is 14.9. The van der Waals surface area contributed by atoms with Crippen LogP contribution >= 0.6 is 0 Å². The Morgan fingerprint density at radius 2 is 1.66 bits per heavy atom. The Bertz CT molecular complexity index is 839. The Morgan fingerprint density at radius 1 is 0.906 bits per heavy atom. The molecule has 0 aliphatic rings. The fourth-order valence-electron chi connectivity index (χ4n) is 3.53. The summed E-state index contributed by atoms with van der Waals surface area (Å²) in [7, 11) is 3.20. The number of ether oxygens (including phenoxy) is 2. The topological polar surface area (TPSA) is 76.7 Å². The molecule has 2 N–H and O–H groups in total. The normalized spacial score (nSPS) is 11.5. The average Bonchev–Trinajstić information content (AvgIpc) is 2.82. The number of unbranched alkanes of at least 4 members (excludes halogenated alkanes) is 3. The van der Waals surface area contributed by atoms with Crippen molar-refractivity contribution in [2.75, 3.05) is 20.8 Å². The predicted molar refractivity (Wildman–Crippen MR) is 127 cm³/mol. The van der Waals surface area contributed by atoms with Gasteiger partial charge in [-0.3, -0.25) is 9.59 Å². The van der Waals surface area contributed by atoms with Crippen molar-refractivity contribution < 1.29 is 19.1 Å². The molecule has 32 heavy (non-hydrogen) atoms. The van der Waals surface area contributed by atoms with Crippen molar-refractivity contribution >= 4 is 11.8 Å². The molecule has 0 radical (unpaired) electrons. The SMILES string of the molecule is CCCCCCC(=O)NC(Cc1ccccc1)C(=O)NCCc1ccc(OC)c(OC)c1. The molecule has 174 valence electrons. The third-order valence-corrected chi connectivity index (χ3v) is 5.35. The molecule has 0 aliphatic carbocycles. The highest BCUT2D eigenvalue weighted by molar-refractivity contribution is 5.87. The zero-order chi connectivity index (χ0) is 23.2. The van der Waals surface area contributed by atoms with Crippen LogP contribution in [0.25, 0.3) is 0 Å². The van der Waals surface area contributed by atoms with Crippen molar-refractivity contribution in [3.05, 3.63) is 59.7 Å². The first-order valence-electron chi connectivity index (χ1n) is 11.4. The third-order valence-electron chi connectivity index (χ3n) is 5.35. The maximum Gasteiger partial charge on any atom is 0.242 e. The molecule has 2 rings (SSSR count). The highest BCUT2D eigenvalue weighted by Gasteiger charge is 2.21. The van der Waals surface area contributed by atoms with Crippen LogP contribution in [0.5, 0.6) is 11.5 Å². The van der Waals surface area contributed by atoms with Gasteiger partial charge in [-0.2, -0.15) is 0 Å². The number of hydrogen-bond acceptors (Lipinski definition) is 4. The van der Waals surface area contributed by atoms with E-state index in [0.717, 1.165) is 36.8 Å². The maximum absolute atomic E-state index is 12.9. The van der Waals surface area contributed by atoms with Crippen LogP contribution in [-0.4, -0.2) is 38.6 Å². The summed E-state index contributed by atoms with van der Waals surface area (Å²) in [5, 5.41) is 5.91. The minimum Gasteiger partial charge on any atom is -0.493 e. The molecule has 1 atom stereocenters. The van der Waals surface area contributed by atoms with Gasteiger partial charge < -0.3 is 20.1 Å². The zero-order valence-corrected chi connectivity index (χ0v) is 19.5. The van der Waals surface area contributed by atoms with E-state index in [1.807, 2.05) is 48.5 Å². The van der Waals surface area contributed by atoms with E-state index in [9.17, 15) is 9.59 Å². The zero-order valence-electron chi connectivity index (χ0n) is 19.5. The summed E-state index contributed by atoms with van der Waals surface area (Å²) < 4.78 is 10.6. The molecule has 0 aliphatic heterocycles. The molecule has 0 saturated heterocycles. The number of hydrogen-bond donors (Lipinski definition) is 2. The summed E-state index contributed by atoms with van der Waals surface area (Å²) in [5.74, 6) is 1.09. The second-order valence-corrected chi connectivity index (χ2v) is 7.85. The lowest BCUT2D eigenvalue weighted by Crippen LogP contribution is -2.48. The average molecular weight is 441 g/mol. The molecule has 0 saturated carbocycles. The van der Waals surface area contributed by atoms with Crippen LogP contribution in [0.15, 0.2) is 48.5 Å². The number of carbonyl (C=O) groups is 2. The summed E-state index contributed by atoms with van der Waals surface area (Å²) in [6.07, 6.45) is 5.69. The molecule has 2 aromatic carbocycles. The van der Waals surface area contributed by atoms with Gasteiger partial charge in [-0.05, 0) is 36.1 Å². The van der Waals surface area contributed by atoms with E-state index in [0.29, 0.717) is 37.3 Å². The quantitative estimate of drug-likeness (QED) is 0.434. The Kier molecular flexibility index (Phi) is 11.1. The van der Waals surface area contributed by atoms with Gasteiger partial charge in [0.15, 0.2) is 11.5 Å². The van der Waals surface area contributed by atoms with E-state index < -0.39 is 6.04 Å². The minimum atomic E-state index is -0.596. The molecule has 6 heteroatoms. The van der Waals surface area contributed by atoms with Gasteiger partial charge in [0.2, 0.25) is 11.8 Å². The van der Waals surface area contributed by atoms with E-state index in [1.54, 1.807) is 14.2 Å². The van der Waals surface area contributed by atoms with E-state index in [-0.39, 0.29) is 11.8 Å².